The average Bonchev–Trinajstić information content (AvgIpc) is 2.39. The van der Waals surface area contributed by atoms with Crippen LogP contribution in [-0.2, 0) is 0 Å². The topological polar surface area (TPSA) is 15.3 Å². The highest BCUT2D eigenvalue weighted by atomic mass is 15.2. The maximum absolute atomic E-state index is 3.68. The maximum Gasteiger partial charge on any atom is 0.00951 e. The minimum atomic E-state index is 0.813. The van der Waals surface area contributed by atoms with E-state index in [-0.39, 0.29) is 0 Å². The molecule has 100 valence electrons. The number of nitrogens with zero attached hydrogens (tertiary/aromatic N) is 1. The predicted octanol–water partition coefficient (Wildman–Crippen LogP) is 3.17. The van der Waals surface area contributed by atoms with Crippen LogP contribution in [0.5, 0.6) is 0 Å². The first-order valence-corrected chi connectivity index (χ1v) is 7.87. The Kier molecular flexibility index (Phi) is 5.79. The van der Waals surface area contributed by atoms with E-state index in [1.807, 2.05) is 0 Å². The average molecular weight is 238 g/mol. The van der Waals surface area contributed by atoms with Crippen molar-refractivity contribution < 1.29 is 0 Å². The first-order chi connectivity index (χ1) is 8.40. The van der Waals surface area contributed by atoms with Gasteiger partial charge in [0.25, 0.3) is 0 Å². The van der Waals surface area contributed by atoms with Crippen molar-refractivity contribution in [1.29, 1.82) is 0 Å². The Hall–Kier alpha value is -0.0800. The largest absolute Gasteiger partial charge is 0.314 e. The monoisotopic (exact) mass is 238 g/mol. The summed E-state index contributed by atoms with van der Waals surface area (Å²) in [7, 11) is 0. The molecule has 2 heterocycles. The van der Waals surface area contributed by atoms with Crippen molar-refractivity contribution in [1.82, 2.24) is 10.2 Å². The quantitative estimate of drug-likeness (QED) is 0.791. The van der Waals surface area contributed by atoms with Crippen molar-refractivity contribution >= 4 is 0 Å². The minimum absolute atomic E-state index is 0.813. The van der Waals surface area contributed by atoms with Crippen molar-refractivity contribution in [3.8, 4) is 0 Å². The van der Waals surface area contributed by atoms with Gasteiger partial charge < -0.3 is 10.2 Å². The number of nitrogens with one attached hydrogen (secondary N) is 1. The summed E-state index contributed by atoms with van der Waals surface area (Å²) < 4.78 is 0. The minimum Gasteiger partial charge on any atom is -0.314 e. The van der Waals surface area contributed by atoms with Gasteiger partial charge in [-0.3, -0.25) is 0 Å². The van der Waals surface area contributed by atoms with Crippen LogP contribution in [0.2, 0.25) is 0 Å². The molecule has 0 aliphatic carbocycles. The van der Waals surface area contributed by atoms with Gasteiger partial charge >= 0.3 is 0 Å². The summed E-state index contributed by atoms with van der Waals surface area (Å²) in [5, 5.41) is 3.68. The van der Waals surface area contributed by atoms with Crippen molar-refractivity contribution in [2.45, 2.75) is 76.8 Å². The Morgan fingerprint density at radius 1 is 1.06 bits per heavy atom. The van der Waals surface area contributed by atoms with Gasteiger partial charge in [-0.25, -0.2) is 0 Å². The van der Waals surface area contributed by atoms with Crippen LogP contribution in [0, 0.1) is 0 Å². The molecule has 1 N–H and O–H groups in total. The summed E-state index contributed by atoms with van der Waals surface area (Å²) in [6, 6.07) is 1.71. The summed E-state index contributed by atoms with van der Waals surface area (Å²) in [5.74, 6) is 0. The second kappa shape index (κ2) is 7.38. The van der Waals surface area contributed by atoms with Crippen LogP contribution in [0.4, 0.5) is 0 Å². The van der Waals surface area contributed by atoms with E-state index < -0.39 is 0 Å². The fraction of sp³-hybridized carbons (Fsp3) is 1.00. The highest BCUT2D eigenvalue weighted by Crippen LogP contribution is 2.22. The van der Waals surface area contributed by atoms with Gasteiger partial charge in [-0.1, -0.05) is 26.2 Å². The van der Waals surface area contributed by atoms with Gasteiger partial charge in [-0.2, -0.15) is 0 Å². The molecule has 17 heavy (non-hydrogen) atoms. The van der Waals surface area contributed by atoms with E-state index in [0.717, 1.165) is 12.1 Å². The molecule has 0 aromatic carbocycles. The van der Waals surface area contributed by atoms with E-state index >= 15 is 0 Å². The summed E-state index contributed by atoms with van der Waals surface area (Å²) in [6.07, 6.45) is 12.7. The zero-order valence-corrected chi connectivity index (χ0v) is 11.6. The Morgan fingerprint density at radius 3 is 2.71 bits per heavy atom. The molecule has 2 aliphatic rings. The molecule has 2 unspecified atom stereocenters. The Balaban J connectivity index is 1.71. The molecule has 2 heteroatoms. The first kappa shape index (κ1) is 13.4. The van der Waals surface area contributed by atoms with E-state index in [2.05, 4.69) is 17.1 Å². The van der Waals surface area contributed by atoms with E-state index in [9.17, 15) is 0 Å². The molecule has 2 saturated heterocycles. The predicted molar refractivity (Wildman–Crippen MR) is 74.4 cm³/mol. The fourth-order valence-electron chi connectivity index (χ4n) is 3.51. The Labute approximate surface area is 107 Å². The smallest absolute Gasteiger partial charge is 0.00951 e. The van der Waals surface area contributed by atoms with Crippen molar-refractivity contribution in [3.05, 3.63) is 0 Å². The summed E-state index contributed by atoms with van der Waals surface area (Å²) in [5.41, 5.74) is 0. The molecule has 0 radical (unpaired) electrons. The molecule has 2 rings (SSSR count). The normalized spacial score (nSPS) is 31.6. The molecule has 2 nitrogen and oxygen atoms in total. The third-order valence-corrected chi connectivity index (χ3v) is 4.55. The molecular weight excluding hydrogens is 208 g/mol. The lowest BCUT2D eigenvalue weighted by molar-refractivity contribution is 0.131. The standard InChI is InChI=1S/C15H30N2/c1-2-7-15-9-4-6-12-17(15)13-10-14-8-3-5-11-16-14/h14-16H,2-13H2,1H3. The van der Waals surface area contributed by atoms with Gasteiger partial charge in [0.05, 0.1) is 0 Å². The Bertz CT molecular complexity index is 197. The lowest BCUT2D eigenvalue weighted by Gasteiger charge is -2.37. The van der Waals surface area contributed by atoms with Gasteiger partial charge in [0.2, 0.25) is 0 Å². The first-order valence-electron chi connectivity index (χ1n) is 7.87. The van der Waals surface area contributed by atoms with Crippen LogP contribution in [0.15, 0.2) is 0 Å². The second-order valence-electron chi connectivity index (χ2n) is 5.91. The fourth-order valence-corrected chi connectivity index (χ4v) is 3.51. The molecule has 2 fully saturated rings. The number of piperidine rings is 2. The van der Waals surface area contributed by atoms with Crippen LogP contribution in [0.1, 0.15) is 64.7 Å². The van der Waals surface area contributed by atoms with Crippen molar-refractivity contribution in [2.75, 3.05) is 19.6 Å². The zero-order chi connectivity index (χ0) is 11.9. The zero-order valence-electron chi connectivity index (χ0n) is 11.6. The number of rotatable bonds is 5. The second-order valence-corrected chi connectivity index (χ2v) is 5.91. The number of hydrogen-bond donors (Lipinski definition) is 1. The van der Waals surface area contributed by atoms with Gasteiger partial charge in [-0.15, -0.1) is 0 Å². The molecule has 0 spiro atoms. The highest BCUT2D eigenvalue weighted by Gasteiger charge is 2.22. The van der Waals surface area contributed by atoms with Crippen LogP contribution in [0.25, 0.3) is 0 Å². The van der Waals surface area contributed by atoms with Gasteiger partial charge in [-0.05, 0) is 58.2 Å². The van der Waals surface area contributed by atoms with E-state index in [0.29, 0.717) is 0 Å². The van der Waals surface area contributed by atoms with Crippen LogP contribution in [-0.4, -0.2) is 36.6 Å². The lowest BCUT2D eigenvalue weighted by atomic mass is 9.96. The molecule has 2 atom stereocenters. The van der Waals surface area contributed by atoms with Crippen LogP contribution in [0.3, 0.4) is 0 Å². The molecule has 0 aromatic heterocycles. The summed E-state index contributed by atoms with van der Waals surface area (Å²) in [6.45, 7) is 6.28. The third-order valence-electron chi connectivity index (χ3n) is 4.55. The maximum atomic E-state index is 3.68. The van der Waals surface area contributed by atoms with E-state index in [1.165, 1.54) is 77.4 Å². The van der Waals surface area contributed by atoms with Gasteiger partial charge in [0, 0.05) is 12.1 Å². The third kappa shape index (κ3) is 4.26. The molecule has 0 bridgehead atoms. The highest BCUT2D eigenvalue weighted by molar-refractivity contribution is 4.79. The number of likely N-dealkylation sites (tertiary alicyclic amines) is 1. The van der Waals surface area contributed by atoms with Crippen molar-refractivity contribution in [2.24, 2.45) is 0 Å². The van der Waals surface area contributed by atoms with Crippen molar-refractivity contribution in [3.63, 3.8) is 0 Å². The molecule has 2 aliphatic heterocycles. The SMILES string of the molecule is CCCC1CCCCN1CCC1CCCCN1. The van der Waals surface area contributed by atoms with E-state index in [1.54, 1.807) is 0 Å². The molecule has 0 amide bonds. The van der Waals surface area contributed by atoms with Crippen LogP contribution >= 0.6 is 0 Å². The summed E-state index contributed by atoms with van der Waals surface area (Å²) >= 11 is 0. The van der Waals surface area contributed by atoms with E-state index in [4.69, 9.17) is 0 Å². The summed E-state index contributed by atoms with van der Waals surface area (Å²) in [4.78, 5) is 2.78. The Morgan fingerprint density at radius 2 is 1.94 bits per heavy atom. The lowest BCUT2D eigenvalue weighted by Crippen LogP contribution is -2.43. The van der Waals surface area contributed by atoms with Crippen LogP contribution < -0.4 is 5.32 Å². The molecule has 0 saturated carbocycles. The van der Waals surface area contributed by atoms with Gasteiger partial charge in [0.1, 0.15) is 0 Å². The number of hydrogen-bond acceptors (Lipinski definition) is 2. The molecular formula is C15H30N2. The van der Waals surface area contributed by atoms with Gasteiger partial charge in [0.15, 0.2) is 0 Å². The molecule has 0 aromatic rings.